The number of rotatable bonds is 4. The van der Waals surface area contributed by atoms with Gasteiger partial charge < -0.3 is 10.1 Å². The van der Waals surface area contributed by atoms with Gasteiger partial charge in [-0.15, -0.1) is 0 Å². The van der Waals surface area contributed by atoms with Gasteiger partial charge in [-0.25, -0.2) is 0 Å². The Morgan fingerprint density at radius 3 is 2.54 bits per heavy atom. The van der Waals surface area contributed by atoms with Crippen molar-refractivity contribution in [3.05, 3.63) is 64.7 Å². The summed E-state index contributed by atoms with van der Waals surface area (Å²) >= 11 is 6.16. The van der Waals surface area contributed by atoms with Gasteiger partial charge in [-0.3, -0.25) is 9.69 Å². The molecule has 2 aromatic carbocycles. The SMILES string of the molecule is Cc1ccc(NC(=O)[C@H](c2ccccc2)N2CCOCC2)cc1Cl. The van der Waals surface area contributed by atoms with Gasteiger partial charge in [0, 0.05) is 23.8 Å². The number of nitrogens with zero attached hydrogens (tertiary/aromatic N) is 1. The maximum atomic E-state index is 13.0. The van der Waals surface area contributed by atoms with Gasteiger partial charge in [-0.1, -0.05) is 48.0 Å². The van der Waals surface area contributed by atoms with Crippen molar-refractivity contribution in [2.75, 3.05) is 31.6 Å². The Labute approximate surface area is 147 Å². The molecule has 1 aliphatic heterocycles. The highest BCUT2D eigenvalue weighted by Gasteiger charge is 2.29. The average molecular weight is 345 g/mol. The highest BCUT2D eigenvalue weighted by Crippen LogP contribution is 2.25. The highest BCUT2D eigenvalue weighted by atomic mass is 35.5. The summed E-state index contributed by atoms with van der Waals surface area (Å²) < 4.78 is 5.42. The van der Waals surface area contributed by atoms with E-state index in [9.17, 15) is 4.79 Å². The smallest absolute Gasteiger partial charge is 0.246 e. The molecular formula is C19H21ClN2O2. The lowest BCUT2D eigenvalue weighted by Crippen LogP contribution is -2.43. The van der Waals surface area contributed by atoms with Gasteiger partial charge in [0.1, 0.15) is 6.04 Å². The zero-order chi connectivity index (χ0) is 16.9. The Morgan fingerprint density at radius 2 is 1.88 bits per heavy atom. The largest absolute Gasteiger partial charge is 0.379 e. The Hall–Kier alpha value is -1.88. The van der Waals surface area contributed by atoms with Crippen LogP contribution in [0.1, 0.15) is 17.2 Å². The van der Waals surface area contributed by atoms with Crippen LogP contribution in [0.3, 0.4) is 0 Å². The number of carbonyl (C=O) groups excluding carboxylic acids is 1. The van der Waals surface area contributed by atoms with Crippen molar-refractivity contribution < 1.29 is 9.53 Å². The maximum Gasteiger partial charge on any atom is 0.246 e. The number of nitrogens with one attached hydrogen (secondary N) is 1. The van der Waals surface area contributed by atoms with E-state index in [4.69, 9.17) is 16.3 Å². The first kappa shape index (κ1) is 17.0. The van der Waals surface area contributed by atoms with Crippen LogP contribution in [0, 0.1) is 6.92 Å². The number of halogens is 1. The van der Waals surface area contributed by atoms with Gasteiger partial charge in [0.05, 0.1) is 13.2 Å². The van der Waals surface area contributed by atoms with Crippen molar-refractivity contribution in [1.82, 2.24) is 4.90 Å². The molecule has 1 amide bonds. The lowest BCUT2D eigenvalue weighted by atomic mass is 10.0. The molecular weight excluding hydrogens is 324 g/mol. The van der Waals surface area contributed by atoms with E-state index in [1.807, 2.05) is 49.4 Å². The number of hydrogen-bond donors (Lipinski definition) is 1. The minimum atomic E-state index is -0.338. The van der Waals surface area contributed by atoms with E-state index in [1.165, 1.54) is 0 Å². The molecule has 0 spiro atoms. The standard InChI is InChI=1S/C19H21ClN2O2/c1-14-7-8-16(13-17(14)20)21-19(23)18(15-5-3-2-4-6-15)22-9-11-24-12-10-22/h2-8,13,18H,9-12H2,1H3,(H,21,23)/t18-/m0/s1. The third kappa shape index (κ3) is 3.96. The van der Waals surface area contributed by atoms with Crippen LogP contribution in [-0.4, -0.2) is 37.1 Å². The lowest BCUT2D eigenvalue weighted by Gasteiger charge is -2.33. The molecule has 0 radical (unpaired) electrons. The first-order chi connectivity index (χ1) is 11.6. The van der Waals surface area contributed by atoms with Crippen molar-refractivity contribution in [1.29, 1.82) is 0 Å². The van der Waals surface area contributed by atoms with E-state index in [-0.39, 0.29) is 11.9 Å². The zero-order valence-electron chi connectivity index (χ0n) is 13.7. The molecule has 1 N–H and O–H groups in total. The minimum Gasteiger partial charge on any atom is -0.379 e. The molecule has 3 rings (SSSR count). The molecule has 126 valence electrons. The molecule has 24 heavy (non-hydrogen) atoms. The molecule has 1 fully saturated rings. The lowest BCUT2D eigenvalue weighted by molar-refractivity contribution is -0.123. The monoisotopic (exact) mass is 344 g/mol. The molecule has 1 atom stereocenters. The summed E-state index contributed by atoms with van der Waals surface area (Å²) in [6.07, 6.45) is 0. The van der Waals surface area contributed by atoms with Crippen LogP contribution >= 0.6 is 11.6 Å². The van der Waals surface area contributed by atoms with E-state index in [0.717, 1.165) is 24.2 Å². The second kappa shape index (κ2) is 7.79. The van der Waals surface area contributed by atoms with Crippen LogP contribution in [0.15, 0.2) is 48.5 Å². The molecule has 0 aromatic heterocycles. The first-order valence-corrected chi connectivity index (χ1v) is 8.47. The topological polar surface area (TPSA) is 41.6 Å². The second-order valence-corrected chi connectivity index (χ2v) is 6.32. The minimum absolute atomic E-state index is 0.0528. The molecule has 0 unspecified atom stereocenters. The zero-order valence-corrected chi connectivity index (χ0v) is 14.4. The molecule has 5 heteroatoms. The Kier molecular flexibility index (Phi) is 5.51. The van der Waals surface area contributed by atoms with Gasteiger partial charge in [-0.05, 0) is 30.2 Å². The summed E-state index contributed by atoms with van der Waals surface area (Å²) in [5.74, 6) is -0.0528. The predicted molar refractivity (Wildman–Crippen MR) is 96.4 cm³/mol. The van der Waals surface area contributed by atoms with Crippen LogP contribution in [0.5, 0.6) is 0 Å². The molecule has 1 aliphatic rings. The molecule has 2 aromatic rings. The quantitative estimate of drug-likeness (QED) is 0.920. The van der Waals surface area contributed by atoms with Crippen molar-refractivity contribution >= 4 is 23.2 Å². The van der Waals surface area contributed by atoms with Gasteiger partial charge in [-0.2, -0.15) is 0 Å². The van der Waals surface area contributed by atoms with Crippen LogP contribution in [0.25, 0.3) is 0 Å². The van der Waals surface area contributed by atoms with Crippen LogP contribution < -0.4 is 5.32 Å². The van der Waals surface area contributed by atoms with Gasteiger partial charge >= 0.3 is 0 Å². The van der Waals surface area contributed by atoms with E-state index in [2.05, 4.69) is 10.2 Å². The molecule has 1 heterocycles. The normalized spacial score (nSPS) is 16.6. The molecule has 0 saturated carbocycles. The summed E-state index contributed by atoms with van der Waals surface area (Å²) in [5, 5.41) is 3.65. The molecule has 0 bridgehead atoms. The predicted octanol–water partition coefficient (Wildman–Crippen LogP) is 3.66. The fraction of sp³-hybridized carbons (Fsp3) is 0.316. The third-order valence-electron chi connectivity index (χ3n) is 4.21. The first-order valence-electron chi connectivity index (χ1n) is 8.09. The van der Waals surface area contributed by atoms with Gasteiger partial charge in [0.25, 0.3) is 0 Å². The number of carbonyl (C=O) groups is 1. The molecule has 0 aliphatic carbocycles. The van der Waals surface area contributed by atoms with Crippen molar-refractivity contribution in [2.45, 2.75) is 13.0 Å². The summed E-state index contributed by atoms with van der Waals surface area (Å²) in [6.45, 7) is 4.71. The fourth-order valence-electron chi connectivity index (χ4n) is 2.88. The number of ether oxygens (including phenoxy) is 1. The summed E-state index contributed by atoms with van der Waals surface area (Å²) in [5.41, 5.74) is 2.68. The van der Waals surface area contributed by atoms with E-state index >= 15 is 0 Å². The Balaban J connectivity index is 1.84. The average Bonchev–Trinajstić information content (AvgIpc) is 2.60. The molecule has 1 saturated heterocycles. The van der Waals surface area contributed by atoms with Crippen molar-refractivity contribution in [2.24, 2.45) is 0 Å². The summed E-state index contributed by atoms with van der Waals surface area (Å²) in [4.78, 5) is 15.1. The van der Waals surface area contributed by atoms with Gasteiger partial charge in [0.15, 0.2) is 0 Å². The van der Waals surface area contributed by atoms with Crippen LogP contribution in [-0.2, 0) is 9.53 Å². The van der Waals surface area contributed by atoms with E-state index in [1.54, 1.807) is 6.07 Å². The summed E-state index contributed by atoms with van der Waals surface area (Å²) in [6, 6.07) is 15.1. The number of amides is 1. The van der Waals surface area contributed by atoms with E-state index < -0.39 is 0 Å². The van der Waals surface area contributed by atoms with Crippen LogP contribution in [0.4, 0.5) is 5.69 Å². The number of anilines is 1. The fourth-order valence-corrected chi connectivity index (χ4v) is 3.06. The third-order valence-corrected chi connectivity index (χ3v) is 4.62. The number of hydrogen-bond acceptors (Lipinski definition) is 3. The summed E-state index contributed by atoms with van der Waals surface area (Å²) in [7, 11) is 0. The number of morpholine rings is 1. The second-order valence-electron chi connectivity index (χ2n) is 5.91. The Bertz CT molecular complexity index is 700. The Morgan fingerprint density at radius 1 is 1.17 bits per heavy atom. The maximum absolute atomic E-state index is 13.0. The van der Waals surface area contributed by atoms with Crippen molar-refractivity contribution in [3.63, 3.8) is 0 Å². The van der Waals surface area contributed by atoms with Crippen molar-refractivity contribution in [3.8, 4) is 0 Å². The van der Waals surface area contributed by atoms with E-state index in [0.29, 0.717) is 23.9 Å². The van der Waals surface area contributed by atoms with Gasteiger partial charge in [0.2, 0.25) is 5.91 Å². The highest BCUT2D eigenvalue weighted by molar-refractivity contribution is 6.31. The number of benzene rings is 2. The van der Waals surface area contributed by atoms with Crippen LogP contribution in [0.2, 0.25) is 5.02 Å². The number of aryl methyl sites for hydroxylation is 1. The molecule has 4 nitrogen and oxygen atoms in total.